The average Bonchev–Trinajstić information content (AvgIpc) is 2.85. The highest BCUT2D eigenvalue weighted by atomic mass is 15.3. The molecular weight excluding hydrogens is 234 g/mol. The van der Waals surface area contributed by atoms with E-state index in [-0.39, 0.29) is 0 Å². The quantitative estimate of drug-likeness (QED) is 0.460. The Morgan fingerprint density at radius 2 is 1.95 bits per heavy atom. The van der Waals surface area contributed by atoms with Crippen LogP contribution in [0.3, 0.4) is 0 Å². The van der Waals surface area contributed by atoms with Gasteiger partial charge in [0, 0.05) is 25.8 Å². The van der Waals surface area contributed by atoms with Crippen LogP contribution in [0, 0.1) is 0 Å². The lowest BCUT2D eigenvalue weighted by molar-refractivity contribution is 0.242. The highest BCUT2D eigenvalue weighted by Crippen LogP contribution is 2.14. The van der Waals surface area contributed by atoms with Gasteiger partial charge in [-0.1, -0.05) is 31.9 Å². The van der Waals surface area contributed by atoms with Crippen LogP contribution in [0.4, 0.5) is 0 Å². The van der Waals surface area contributed by atoms with E-state index in [4.69, 9.17) is 5.73 Å². The van der Waals surface area contributed by atoms with Crippen molar-refractivity contribution in [3.63, 3.8) is 0 Å². The Balaban J connectivity index is 1.97. The third-order valence-electron chi connectivity index (χ3n) is 3.66. The molecule has 1 heterocycles. The molecule has 0 bridgehead atoms. The number of rotatable bonds is 11. The fraction of sp³-hybridized carbons (Fsp3) is 0.812. The summed E-state index contributed by atoms with van der Waals surface area (Å²) < 4.78 is 0. The van der Waals surface area contributed by atoms with Crippen molar-refractivity contribution in [2.75, 3.05) is 19.6 Å². The van der Waals surface area contributed by atoms with Gasteiger partial charge in [-0.15, -0.1) is 0 Å². The first-order chi connectivity index (χ1) is 9.38. The number of hydrogen-bond acceptors (Lipinski definition) is 3. The van der Waals surface area contributed by atoms with Gasteiger partial charge in [-0.3, -0.25) is 9.89 Å². The normalized spacial score (nSPS) is 19.8. The fourth-order valence-corrected chi connectivity index (χ4v) is 2.49. The van der Waals surface area contributed by atoms with Crippen molar-refractivity contribution < 1.29 is 0 Å². The number of allylic oxidation sites excluding steroid dienone is 2. The number of nitrogens with two attached hydrogens (primary N) is 1. The molecule has 1 rings (SSSR count). The molecular formula is C16H31N3. The van der Waals surface area contributed by atoms with E-state index in [2.05, 4.69) is 29.0 Å². The van der Waals surface area contributed by atoms with Crippen LogP contribution in [0.15, 0.2) is 17.1 Å². The molecule has 1 unspecified atom stereocenters. The average molecular weight is 265 g/mol. The van der Waals surface area contributed by atoms with Crippen LogP contribution in [-0.2, 0) is 0 Å². The summed E-state index contributed by atoms with van der Waals surface area (Å²) in [6.07, 6.45) is 17.4. The van der Waals surface area contributed by atoms with E-state index < -0.39 is 0 Å². The predicted octanol–water partition coefficient (Wildman–Crippen LogP) is 3.35. The van der Waals surface area contributed by atoms with Gasteiger partial charge in [0.2, 0.25) is 0 Å². The summed E-state index contributed by atoms with van der Waals surface area (Å²) in [6, 6.07) is 0. The second-order valence-corrected chi connectivity index (χ2v) is 5.35. The van der Waals surface area contributed by atoms with Crippen molar-refractivity contribution in [3.05, 3.63) is 12.2 Å². The Hall–Kier alpha value is -0.670. The van der Waals surface area contributed by atoms with E-state index in [0.717, 1.165) is 19.6 Å². The lowest BCUT2D eigenvalue weighted by Crippen LogP contribution is -2.34. The summed E-state index contributed by atoms with van der Waals surface area (Å²) in [5.41, 5.74) is 5.61. The second kappa shape index (κ2) is 11.2. The van der Waals surface area contributed by atoms with Crippen LogP contribution in [0.5, 0.6) is 0 Å². The fourth-order valence-electron chi connectivity index (χ4n) is 2.49. The number of aliphatic imine (C=N–C) groups is 1. The molecule has 110 valence electrons. The maximum Gasteiger partial charge on any atom is 0.102 e. The minimum absolute atomic E-state index is 0.400. The Bertz CT molecular complexity index is 261. The highest BCUT2D eigenvalue weighted by Gasteiger charge is 2.18. The van der Waals surface area contributed by atoms with Gasteiger partial charge in [0.25, 0.3) is 0 Å². The molecule has 0 amide bonds. The molecule has 3 nitrogen and oxygen atoms in total. The molecule has 0 fully saturated rings. The number of hydrogen-bond donors (Lipinski definition) is 1. The maximum absolute atomic E-state index is 5.61. The van der Waals surface area contributed by atoms with Gasteiger partial charge in [-0.05, 0) is 38.5 Å². The van der Waals surface area contributed by atoms with Gasteiger partial charge < -0.3 is 5.73 Å². The minimum atomic E-state index is 0.400. The van der Waals surface area contributed by atoms with E-state index in [0.29, 0.717) is 6.17 Å². The molecule has 0 aliphatic carbocycles. The summed E-state index contributed by atoms with van der Waals surface area (Å²) >= 11 is 0. The Kier molecular flexibility index (Phi) is 9.64. The summed E-state index contributed by atoms with van der Waals surface area (Å²) in [5.74, 6) is 0. The van der Waals surface area contributed by atoms with Crippen molar-refractivity contribution in [2.24, 2.45) is 10.7 Å². The Morgan fingerprint density at radius 3 is 2.63 bits per heavy atom. The molecule has 1 atom stereocenters. The predicted molar refractivity (Wildman–Crippen MR) is 84.7 cm³/mol. The van der Waals surface area contributed by atoms with Crippen LogP contribution in [0.25, 0.3) is 0 Å². The van der Waals surface area contributed by atoms with Crippen molar-refractivity contribution in [3.8, 4) is 0 Å². The minimum Gasteiger partial charge on any atom is -0.329 e. The number of unbranched alkanes of at least 4 members (excludes halogenated alkanes) is 5. The van der Waals surface area contributed by atoms with E-state index >= 15 is 0 Å². The van der Waals surface area contributed by atoms with Gasteiger partial charge in [0.15, 0.2) is 0 Å². The number of nitrogens with zero attached hydrogens (tertiary/aromatic N) is 2. The summed E-state index contributed by atoms with van der Waals surface area (Å²) in [4.78, 5) is 6.91. The zero-order valence-electron chi connectivity index (χ0n) is 12.6. The highest BCUT2D eigenvalue weighted by molar-refractivity contribution is 5.62. The first-order valence-electron chi connectivity index (χ1n) is 7.99. The topological polar surface area (TPSA) is 41.6 Å². The van der Waals surface area contributed by atoms with E-state index in [1.807, 2.05) is 6.21 Å². The molecule has 0 aromatic rings. The molecule has 0 spiro atoms. The van der Waals surface area contributed by atoms with Gasteiger partial charge in [0.05, 0.1) is 0 Å². The van der Waals surface area contributed by atoms with Crippen LogP contribution >= 0.6 is 0 Å². The standard InChI is InChI=1S/C16H31N3/c1-2-3-4-5-6-7-8-9-10-11-16-18-13-15-19(16)14-12-17/h6-7,13,16H,2-5,8-12,14-15,17H2,1H3/b7-6+. The SMILES string of the molecule is CCCCC/C=C/CCCCC1N=CCN1CCN. The largest absolute Gasteiger partial charge is 0.329 e. The third kappa shape index (κ3) is 7.48. The molecule has 0 radical (unpaired) electrons. The monoisotopic (exact) mass is 265 g/mol. The van der Waals surface area contributed by atoms with Gasteiger partial charge in [0.1, 0.15) is 6.17 Å². The van der Waals surface area contributed by atoms with Gasteiger partial charge in [-0.2, -0.15) is 0 Å². The zero-order valence-corrected chi connectivity index (χ0v) is 12.6. The molecule has 1 aliphatic rings. The van der Waals surface area contributed by atoms with Crippen LogP contribution in [0.1, 0.15) is 58.3 Å². The zero-order chi connectivity index (χ0) is 13.8. The van der Waals surface area contributed by atoms with Crippen molar-refractivity contribution in [1.82, 2.24) is 4.90 Å². The van der Waals surface area contributed by atoms with Crippen molar-refractivity contribution in [1.29, 1.82) is 0 Å². The molecule has 19 heavy (non-hydrogen) atoms. The molecule has 0 aromatic carbocycles. The summed E-state index contributed by atoms with van der Waals surface area (Å²) in [6.45, 7) is 4.95. The van der Waals surface area contributed by atoms with Crippen molar-refractivity contribution >= 4 is 6.21 Å². The van der Waals surface area contributed by atoms with Gasteiger partial charge in [-0.25, -0.2) is 0 Å². The van der Waals surface area contributed by atoms with E-state index in [1.165, 1.54) is 51.4 Å². The van der Waals surface area contributed by atoms with Crippen molar-refractivity contribution in [2.45, 2.75) is 64.5 Å². The van der Waals surface area contributed by atoms with Crippen LogP contribution in [0.2, 0.25) is 0 Å². The van der Waals surface area contributed by atoms with E-state index in [1.54, 1.807) is 0 Å². The van der Waals surface area contributed by atoms with E-state index in [9.17, 15) is 0 Å². The molecule has 0 saturated carbocycles. The van der Waals surface area contributed by atoms with Crippen LogP contribution < -0.4 is 5.73 Å². The summed E-state index contributed by atoms with van der Waals surface area (Å²) in [5, 5.41) is 0. The third-order valence-corrected chi connectivity index (χ3v) is 3.66. The molecule has 1 aliphatic heterocycles. The molecule has 0 aromatic heterocycles. The molecule has 0 saturated heterocycles. The molecule has 2 N–H and O–H groups in total. The van der Waals surface area contributed by atoms with Gasteiger partial charge >= 0.3 is 0 Å². The smallest absolute Gasteiger partial charge is 0.102 e. The summed E-state index contributed by atoms with van der Waals surface area (Å²) in [7, 11) is 0. The Morgan fingerprint density at radius 1 is 1.21 bits per heavy atom. The maximum atomic E-state index is 5.61. The lowest BCUT2D eigenvalue weighted by atomic mass is 10.1. The Labute approximate surface area is 119 Å². The molecule has 3 heteroatoms. The second-order valence-electron chi connectivity index (χ2n) is 5.35. The van der Waals surface area contributed by atoms with Crippen LogP contribution in [-0.4, -0.2) is 36.9 Å². The lowest BCUT2D eigenvalue weighted by Gasteiger charge is -2.21. The first kappa shape index (κ1) is 16.4. The first-order valence-corrected chi connectivity index (χ1v) is 7.99.